The van der Waals surface area contributed by atoms with Gasteiger partial charge in [0.2, 0.25) is 0 Å². The standard InChI is InChI=1S/C23H25FN4O3/c1-15-6-8-19-20(11-15)26-13-21(28-19)23(30)27-17(3)9-10-25-22(29)14-31-18(4)7-5-16(2)12-24/h5-8,11-13H,3-4,9-10,14H2,1-2H3,(H,25,29)(H,27,30)/b7-5-,16-12+. The van der Waals surface area contributed by atoms with Gasteiger partial charge in [-0.05, 0) is 43.2 Å². The van der Waals surface area contributed by atoms with Gasteiger partial charge in [-0.2, -0.15) is 0 Å². The first-order valence-corrected chi connectivity index (χ1v) is 9.54. The Morgan fingerprint density at radius 2 is 2.00 bits per heavy atom. The number of nitrogens with one attached hydrogen (secondary N) is 2. The Morgan fingerprint density at radius 1 is 1.23 bits per heavy atom. The first kappa shape index (κ1) is 23.5. The SMILES string of the molecule is C=C(CCNC(=O)COC(=C)/C=C\C(C)=C\F)NC(=O)c1cnc2cc(C)ccc2n1. The average Bonchev–Trinajstić information content (AvgIpc) is 2.75. The van der Waals surface area contributed by atoms with Crippen molar-refractivity contribution in [2.75, 3.05) is 13.2 Å². The number of fused-ring (bicyclic) bond motifs is 1. The molecule has 0 aliphatic rings. The number of carbonyl (C=O) groups excluding carboxylic acids is 2. The van der Waals surface area contributed by atoms with Gasteiger partial charge in [0, 0.05) is 18.7 Å². The summed E-state index contributed by atoms with van der Waals surface area (Å²) in [5.41, 5.74) is 3.41. The van der Waals surface area contributed by atoms with E-state index in [-0.39, 0.29) is 30.5 Å². The minimum Gasteiger partial charge on any atom is -0.484 e. The molecule has 162 valence electrons. The van der Waals surface area contributed by atoms with Crippen molar-refractivity contribution in [3.8, 4) is 0 Å². The van der Waals surface area contributed by atoms with Crippen molar-refractivity contribution in [1.82, 2.24) is 20.6 Å². The molecule has 2 N–H and O–H groups in total. The van der Waals surface area contributed by atoms with Crippen LogP contribution in [0.2, 0.25) is 0 Å². The zero-order valence-corrected chi connectivity index (χ0v) is 17.6. The average molecular weight is 424 g/mol. The van der Waals surface area contributed by atoms with Crippen LogP contribution in [-0.4, -0.2) is 34.9 Å². The summed E-state index contributed by atoms with van der Waals surface area (Å²) in [6.07, 6.45) is 5.14. The lowest BCUT2D eigenvalue weighted by molar-refractivity contribution is -0.124. The Balaban J connectivity index is 1.73. The third-order valence-electron chi connectivity index (χ3n) is 4.06. The number of benzene rings is 1. The fraction of sp³-hybridized carbons (Fsp3) is 0.217. The molecule has 7 nitrogen and oxygen atoms in total. The summed E-state index contributed by atoms with van der Waals surface area (Å²) in [4.78, 5) is 32.7. The molecular formula is C23H25FN4O3. The van der Waals surface area contributed by atoms with Crippen LogP contribution in [0.1, 0.15) is 29.4 Å². The van der Waals surface area contributed by atoms with Crippen molar-refractivity contribution in [1.29, 1.82) is 0 Å². The van der Waals surface area contributed by atoms with Gasteiger partial charge in [0.1, 0.15) is 11.5 Å². The number of hydrogen-bond donors (Lipinski definition) is 2. The van der Waals surface area contributed by atoms with E-state index >= 15 is 0 Å². The number of halogens is 1. The molecule has 8 heteroatoms. The minimum atomic E-state index is -0.421. The highest BCUT2D eigenvalue weighted by molar-refractivity contribution is 5.94. The van der Waals surface area contributed by atoms with Crippen molar-refractivity contribution in [3.63, 3.8) is 0 Å². The Morgan fingerprint density at radius 3 is 2.74 bits per heavy atom. The van der Waals surface area contributed by atoms with E-state index in [1.165, 1.54) is 18.3 Å². The van der Waals surface area contributed by atoms with Crippen molar-refractivity contribution >= 4 is 22.8 Å². The zero-order chi connectivity index (χ0) is 22.8. The summed E-state index contributed by atoms with van der Waals surface area (Å²) in [6, 6.07) is 5.60. The molecule has 1 heterocycles. The van der Waals surface area contributed by atoms with Crippen LogP contribution in [0, 0.1) is 6.92 Å². The van der Waals surface area contributed by atoms with Crippen LogP contribution in [0.5, 0.6) is 0 Å². The van der Waals surface area contributed by atoms with E-state index in [1.54, 1.807) is 6.92 Å². The van der Waals surface area contributed by atoms with Gasteiger partial charge in [-0.25, -0.2) is 9.37 Å². The Labute approximate surface area is 180 Å². The van der Waals surface area contributed by atoms with Crippen LogP contribution >= 0.6 is 0 Å². The van der Waals surface area contributed by atoms with Crippen LogP contribution in [0.4, 0.5) is 4.39 Å². The number of allylic oxidation sites excluding steroid dienone is 3. The highest BCUT2D eigenvalue weighted by Crippen LogP contribution is 2.12. The molecule has 2 aromatic rings. The lowest BCUT2D eigenvalue weighted by Gasteiger charge is -2.10. The molecule has 2 rings (SSSR count). The van der Waals surface area contributed by atoms with E-state index in [0.29, 0.717) is 35.1 Å². The van der Waals surface area contributed by atoms with Gasteiger partial charge >= 0.3 is 0 Å². The summed E-state index contributed by atoms with van der Waals surface area (Å²) < 4.78 is 17.4. The number of amides is 2. The maximum atomic E-state index is 12.3. The first-order valence-electron chi connectivity index (χ1n) is 9.54. The summed E-state index contributed by atoms with van der Waals surface area (Å²) in [5.74, 6) is -0.544. The van der Waals surface area contributed by atoms with Crippen LogP contribution in [0.15, 0.2) is 73.1 Å². The third-order valence-corrected chi connectivity index (χ3v) is 4.06. The molecule has 0 fully saturated rings. The molecule has 0 radical (unpaired) electrons. The molecule has 0 bridgehead atoms. The van der Waals surface area contributed by atoms with E-state index in [2.05, 4.69) is 33.8 Å². The third kappa shape index (κ3) is 7.85. The summed E-state index contributed by atoms with van der Waals surface area (Å²) in [7, 11) is 0. The number of nitrogens with zero attached hydrogens (tertiary/aromatic N) is 2. The van der Waals surface area contributed by atoms with E-state index in [0.717, 1.165) is 5.56 Å². The van der Waals surface area contributed by atoms with E-state index < -0.39 is 5.91 Å². The van der Waals surface area contributed by atoms with Gasteiger partial charge in [-0.3, -0.25) is 14.6 Å². The Kier molecular flexibility index (Phi) is 8.63. The van der Waals surface area contributed by atoms with Crippen molar-refractivity contribution < 1.29 is 18.7 Å². The van der Waals surface area contributed by atoms with Gasteiger partial charge in [0.25, 0.3) is 11.8 Å². The molecule has 0 saturated carbocycles. The highest BCUT2D eigenvalue weighted by atomic mass is 19.1. The van der Waals surface area contributed by atoms with Gasteiger partial charge in [0.05, 0.1) is 23.6 Å². The minimum absolute atomic E-state index is 0.180. The number of rotatable bonds is 10. The molecule has 2 amide bonds. The lowest BCUT2D eigenvalue weighted by atomic mass is 10.2. The lowest BCUT2D eigenvalue weighted by Crippen LogP contribution is -2.30. The smallest absolute Gasteiger partial charge is 0.275 e. The molecule has 31 heavy (non-hydrogen) atoms. The first-order chi connectivity index (χ1) is 14.8. The Hall–Kier alpha value is -3.81. The zero-order valence-electron chi connectivity index (χ0n) is 17.6. The van der Waals surface area contributed by atoms with Crippen molar-refractivity contribution in [2.24, 2.45) is 0 Å². The second-order valence-electron chi connectivity index (χ2n) is 6.85. The number of carbonyl (C=O) groups is 2. The van der Waals surface area contributed by atoms with Crippen LogP contribution in [0.3, 0.4) is 0 Å². The highest BCUT2D eigenvalue weighted by Gasteiger charge is 2.11. The molecule has 0 spiro atoms. The summed E-state index contributed by atoms with van der Waals surface area (Å²) in [6.45, 7) is 11.0. The molecule has 0 atom stereocenters. The molecule has 0 aliphatic carbocycles. The fourth-order valence-corrected chi connectivity index (χ4v) is 2.39. The number of aryl methyl sites for hydroxylation is 1. The van der Waals surface area contributed by atoms with Crippen LogP contribution in [0.25, 0.3) is 11.0 Å². The van der Waals surface area contributed by atoms with Gasteiger partial charge in [-0.1, -0.05) is 25.3 Å². The number of ether oxygens (including phenoxy) is 1. The van der Waals surface area contributed by atoms with E-state index in [4.69, 9.17) is 4.74 Å². The predicted octanol–water partition coefficient (Wildman–Crippen LogP) is 3.65. The summed E-state index contributed by atoms with van der Waals surface area (Å²) >= 11 is 0. The van der Waals surface area contributed by atoms with Crippen LogP contribution < -0.4 is 10.6 Å². The fourth-order valence-electron chi connectivity index (χ4n) is 2.39. The van der Waals surface area contributed by atoms with Crippen molar-refractivity contribution in [2.45, 2.75) is 20.3 Å². The monoisotopic (exact) mass is 424 g/mol. The molecule has 0 aliphatic heterocycles. The topological polar surface area (TPSA) is 93.2 Å². The normalized spacial score (nSPS) is 11.4. The van der Waals surface area contributed by atoms with Gasteiger partial charge in [0.15, 0.2) is 6.61 Å². The number of aromatic nitrogens is 2. The molecule has 1 aromatic heterocycles. The molecule has 0 saturated heterocycles. The number of hydrogen-bond acceptors (Lipinski definition) is 5. The summed E-state index contributed by atoms with van der Waals surface area (Å²) in [5, 5.41) is 5.30. The molecular weight excluding hydrogens is 399 g/mol. The van der Waals surface area contributed by atoms with E-state index in [1.807, 2.05) is 25.1 Å². The van der Waals surface area contributed by atoms with Gasteiger partial charge in [-0.15, -0.1) is 0 Å². The maximum absolute atomic E-state index is 12.3. The maximum Gasteiger partial charge on any atom is 0.275 e. The van der Waals surface area contributed by atoms with Crippen LogP contribution in [-0.2, 0) is 9.53 Å². The molecule has 0 unspecified atom stereocenters. The second-order valence-corrected chi connectivity index (χ2v) is 6.85. The predicted molar refractivity (Wildman–Crippen MR) is 118 cm³/mol. The van der Waals surface area contributed by atoms with E-state index in [9.17, 15) is 14.0 Å². The largest absolute Gasteiger partial charge is 0.484 e. The quantitative estimate of drug-likeness (QED) is 0.449. The second kappa shape index (κ2) is 11.4. The van der Waals surface area contributed by atoms with Crippen molar-refractivity contribution in [3.05, 3.63) is 84.3 Å². The Bertz CT molecular complexity index is 1060. The van der Waals surface area contributed by atoms with Gasteiger partial charge < -0.3 is 15.4 Å². The molecule has 1 aromatic carbocycles.